The molecule has 0 aliphatic carbocycles. The molecule has 1 unspecified atom stereocenters. The van der Waals surface area contributed by atoms with E-state index in [1.807, 2.05) is 20.8 Å². The van der Waals surface area contributed by atoms with E-state index in [1.165, 1.54) is 0 Å². The fourth-order valence-corrected chi connectivity index (χ4v) is 2.76. The van der Waals surface area contributed by atoms with Crippen LogP contribution in [0.3, 0.4) is 0 Å². The van der Waals surface area contributed by atoms with Gasteiger partial charge in [0.1, 0.15) is 5.62 Å². The van der Waals surface area contributed by atoms with E-state index in [1.54, 1.807) is 6.66 Å². The van der Waals surface area contributed by atoms with E-state index in [0.717, 1.165) is 0 Å². The summed E-state index contributed by atoms with van der Waals surface area (Å²) in [6.07, 6.45) is 0. The lowest BCUT2D eigenvalue weighted by Crippen LogP contribution is -2.15. The van der Waals surface area contributed by atoms with Crippen LogP contribution in [0, 0.1) is 0 Å². The van der Waals surface area contributed by atoms with Gasteiger partial charge in [-0.05, 0) is 20.8 Å². The highest BCUT2D eigenvalue weighted by Crippen LogP contribution is 2.51. The van der Waals surface area contributed by atoms with Crippen LogP contribution in [0.1, 0.15) is 20.8 Å². The van der Waals surface area contributed by atoms with Crippen LogP contribution in [0.15, 0.2) is 0 Å². The number of rotatable bonds is 1. The standard InChI is InChI=1S/C5H12ClOPS/c1-5(2,3)7-8(4,6)9/h1-4H3. The van der Waals surface area contributed by atoms with Crippen molar-refractivity contribution in [2.24, 2.45) is 0 Å². The van der Waals surface area contributed by atoms with Crippen molar-refractivity contribution in [2.75, 3.05) is 6.66 Å². The molecule has 4 heteroatoms. The maximum atomic E-state index is 5.72. The Bertz CT molecular complexity index is 134. The fourth-order valence-electron chi connectivity index (χ4n) is 0.489. The molecular formula is C5H12ClOPS. The average Bonchev–Trinajstić information content (AvgIpc) is 1.14. The minimum absolute atomic E-state index is 0.202. The lowest BCUT2D eigenvalue weighted by Gasteiger charge is -2.22. The predicted octanol–water partition coefficient (Wildman–Crippen LogP) is 2.98. The van der Waals surface area contributed by atoms with Gasteiger partial charge in [0.15, 0.2) is 0 Å². The van der Waals surface area contributed by atoms with E-state index in [4.69, 9.17) is 27.6 Å². The highest BCUT2D eigenvalue weighted by atomic mass is 35.7. The molecule has 0 heterocycles. The first-order chi connectivity index (χ1) is 3.71. The van der Waals surface area contributed by atoms with E-state index < -0.39 is 5.62 Å². The summed E-state index contributed by atoms with van der Waals surface area (Å²) in [6.45, 7) is 7.59. The first-order valence-corrected chi connectivity index (χ1v) is 6.76. The quantitative estimate of drug-likeness (QED) is 0.583. The first kappa shape index (κ1) is 9.90. The molecule has 56 valence electrons. The highest BCUT2D eigenvalue weighted by molar-refractivity contribution is 8.24. The van der Waals surface area contributed by atoms with Crippen molar-refractivity contribution in [3.8, 4) is 0 Å². The molecule has 0 aliphatic rings. The second-order valence-corrected chi connectivity index (χ2v) is 9.25. The van der Waals surface area contributed by atoms with Crippen LogP contribution in [0.4, 0.5) is 0 Å². The van der Waals surface area contributed by atoms with Crippen molar-refractivity contribution in [3.63, 3.8) is 0 Å². The summed E-state index contributed by atoms with van der Waals surface area (Å²) in [6, 6.07) is 0. The molecule has 0 amide bonds. The second kappa shape index (κ2) is 2.87. The molecule has 0 aromatic rings. The first-order valence-electron chi connectivity index (χ1n) is 2.69. The van der Waals surface area contributed by atoms with Crippen molar-refractivity contribution in [1.29, 1.82) is 0 Å². The lowest BCUT2D eigenvalue weighted by atomic mass is 10.2. The summed E-state index contributed by atoms with van der Waals surface area (Å²) in [5.41, 5.74) is -2.18. The van der Waals surface area contributed by atoms with Crippen LogP contribution in [0.2, 0.25) is 0 Å². The van der Waals surface area contributed by atoms with Crippen LogP contribution >= 0.6 is 16.9 Å². The van der Waals surface area contributed by atoms with E-state index in [-0.39, 0.29) is 5.60 Å². The van der Waals surface area contributed by atoms with Crippen molar-refractivity contribution < 1.29 is 4.52 Å². The molecule has 1 atom stereocenters. The molecule has 0 N–H and O–H groups in total. The molecule has 0 aromatic heterocycles. The van der Waals surface area contributed by atoms with E-state index in [2.05, 4.69) is 0 Å². The SMILES string of the molecule is CC(C)(C)OP(C)(=S)Cl. The molecule has 0 spiro atoms. The Hall–Kier alpha value is 0.900. The maximum absolute atomic E-state index is 5.72. The zero-order valence-corrected chi connectivity index (χ0v) is 8.61. The molecule has 0 radical (unpaired) electrons. The van der Waals surface area contributed by atoms with Crippen LogP contribution in [0.5, 0.6) is 0 Å². The average molecular weight is 187 g/mol. The molecule has 0 aliphatic heterocycles. The Labute approximate surface area is 66.6 Å². The van der Waals surface area contributed by atoms with Crippen LogP contribution < -0.4 is 0 Å². The molecule has 0 saturated carbocycles. The van der Waals surface area contributed by atoms with Crippen molar-refractivity contribution in [1.82, 2.24) is 0 Å². The topological polar surface area (TPSA) is 9.23 Å². The Morgan fingerprint density at radius 2 is 1.78 bits per heavy atom. The van der Waals surface area contributed by atoms with Crippen LogP contribution in [-0.4, -0.2) is 12.3 Å². The summed E-state index contributed by atoms with van der Waals surface area (Å²) in [5, 5.41) is 0. The third-order valence-electron chi connectivity index (χ3n) is 0.437. The third-order valence-corrected chi connectivity index (χ3v) is 1.74. The van der Waals surface area contributed by atoms with Crippen molar-refractivity contribution in [3.05, 3.63) is 0 Å². The van der Waals surface area contributed by atoms with Crippen molar-refractivity contribution in [2.45, 2.75) is 26.4 Å². The van der Waals surface area contributed by atoms with Gasteiger partial charge in [0.2, 0.25) is 0 Å². The normalized spacial score (nSPS) is 19.2. The molecule has 1 nitrogen and oxygen atoms in total. The van der Waals surface area contributed by atoms with Gasteiger partial charge >= 0.3 is 0 Å². The van der Waals surface area contributed by atoms with Gasteiger partial charge in [0.05, 0.1) is 5.60 Å². The Kier molecular flexibility index (Phi) is 3.16. The fraction of sp³-hybridized carbons (Fsp3) is 1.00. The molecular weight excluding hydrogens is 175 g/mol. The minimum atomic E-state index is -1.98. The minimum Gasteiger partial charge on any atom is -0.332 e. The van der Waals surface area contributed by atoms with Crippen LogP contribution in [-0.2, 0) is 16.3 Å². The zero-order valence-electron chi connectivity index (χ0n) is 6.14. The Morgan fingerprint density at radius 1 is 1.44 bits per heavy atom. The summed E-state index contributed by atoms with van der Waals surface area (Å²) < 4.78 is 5.32. The van der Waals surface area contributed by atoms with Gasteiger partial charge < -0.3 is 4.52 Å². The van der Waals surface area contributed by atoms with Gasteiger partial charge in [-0.3, -0.25) is 0 Å². The number of halogens is 1. The third kappa shape index (κ3) is 8.90. The van der Waals surface area contributed by atoms with Crippen molar-refractivity contribution >= 4 is 28.7 Å². The van der Waals surface area contributed by atoms with E-state index in [9.17, 15) is 0 Å². The van der Waals surface area contributed by atoms with Gasteiger partial charge in [-0.1, -0.05) is 23.0 Å². The molecule has 0 fully saturated rings. The van der Waals surface area contributed by atoms with Gasteiger partial charge in [-0.2, -0.15) is 0 Å². The van der Waals surface area contributed by atoms with E-state index in [0.29, 0.717) is 0 Å². The van der Waals surface area contributed by atoms with Crippen LogP contribution in [0.25, 0.3) is 0 Å². The molecule has 0 saturated heterocycles. The second-order valence-electron chi connectivity index (χ2n) is 2.95. The molecule has 0 rings (SSSR count). The Balaban J connectivity index is 3.90. The summed E-state index contributed by atoms with van der Waals surface area (Å²) in [5.74, 6) is 0. The molecule has 0 aromatic carbocycles. The molecule has 9 heavy (non-hydrogen) atoms. The summed E-state index contributed by atoms with van der Waals surface area (Å²) >= 11 is 10.6. The monoisotopic (exact) mass is 186 g/mol. The van der Waals surface area contributed by atoms with Gasteiger partial charge in [0, 0.05) is 6.66 Å². The summed E-state index contributed by atoms with van der Waals surface area (Å²) in [7, 11) is 0. The van der Waals surface area contributed by atoms with Gasteiger partial charge in [-0.15, -0.1) is 0 Å². The Morgan fingerprint density at radius 3 is 1.78 bits per heavy atom. The number of hydrogen-bond donors (Lipinski definition) is 0. The molecule has 0 bridgehead atoms. The number of hydrogen-bond acceptors (Lipinski definition) is 2. The van der Waals surface area contributed by atoms with Gasteiger partial charge in [0.25, 0.3) is 0 Å². The van der Waals surface area contributed by atoms with Gasteiger partial charge in [-0.25, -0.2) is 0 Å². The lowest BCUT2D eigenvalue weighted by molar-refractivity contribution is 0.155. The largest absolute Gasteiger partial charge is 0.332 e. The smallest absolute Gasteiger partial charge is 0.148 e. The maximum Gasteiger partial charge on any atom is 0.148 e. The summed E-state index contributed by atoms with van der Waals surface area (Å²) in [4.78, 5) is 0. The zero-order chi connectivity index (χ0) is 7.71. The predicted molar refractivity (Wildman–Crippen MR) is 46.9 cm³/mol. The highest BCUT2D eigenvalue weighted by Gasteiger charge is 2.17. The van der Waals surface area contributed by atoms with E-state index >= 15 is 0 Å².